The number of amides is 1. The van der Waals surface area contributed by atoms with Gasteiger partial charge in [-0.2, -0.15) is 5.10 Å². The Morgan fingerprint density at radius 1 is 1.32 bits per heavy atom. The fourth-order valence-corrected chi connectivity index (χ4v) is 2.59. The van der Waals surface area contributed by atoms with Gasteiger partial charge in [0.15, 0.2) is 6.04 Å². The number of ether oxygens (including phenoxy) is 1. The van der Waals surface area contributed by atoms with Gasteiger partial charge in [-0.05, 0) is 38.1 Å². The monoisotopic (exact) mass is 349 g/mol. The number of carboxylic acid groups (broad SMARTS) is 1. The summed E-state index contributed by atoms with van der Waals surface area (Å²) in [6.07, 6.45) is 0.0600. The smallest absolute Gasteiger partial charge is 0.331 e. The van der Waals surface area contributed by atoms with Gasteiger partial charge in [-0.3, -0.25) is 4.79 Å². The maximum atomic E-state index is 13.1. The zero-order chi connectivity index (χ0) is 18.6. The number of methoxy groups -OCH3 is 1. The molecule has 0 saturated heterocycles. The number of aryl methyl sites for hydroxylation is 1. The third kappa shape index (κ3) is 4.21. The summed E-state index contributed by atoms with van der Waals surface area (Å²) < 4.78 is 19.5. The number of hydrogen-bond acceptors (Lipinski definition) is 4. The molecule has 0 saturated carbocycles. The van der Waals surface area contributed by atoms with Crippen LogP contribution in [0.4, 0.5) is 4.39 Å². The SMILES string of the molecule is COCCC(=O)N[C@@H](C(=O)O)c1c(C)nn(-c2ccc(F)cc2)c1C. The van der Waals surface area contributed by atoms with Crippen LogP contribution in [0, 0.1) is 19.7 Å². The summed E-state index contributed by atoms with van der Waals surface area (Å²) in [7, 11) is 1.46. The van der Waals surface area contributed by atoms with Gasteiger partial charge in [0.1, 0.15) is 5.82 Å². The van der Waals surface area contributed by atoms with Crippen molar-refractivity contribution in [3.8, 4) is 5.69 Å². The molecule has 2 aromatic rings. The molecule has 25 heavy (non-hydrogen) atoms. The van der Waals surface area contributed by atoms with Gasteiger partial charge in [0, 0.05) is 24.8 Å². The van der Waals surface area contributed by atoms with Crippen LogP contribution >= 0.6 is 0 Å². The number of hydrogen-bond donors (Lipinski definition) is 2. The molecule has 0 bridgehead atoms. The van der Waals surface area contributed by atoms with E-state index in [-0.39, 0.29) is 18.8 Å². The van der Waals surface area contributed by atoms with Crippen molar-refractivity contribution < 1.29 is 23.8 Å². The quantitative estimate of drug-likeness (QED) is 0.796. The van der Waals surface area contributed by atoms with Crippen LogP contribution in [0.5, 0.6) is 0 Å². The average molecular weight is 349 g/mol. The zero-order valence-electron chi connectivity index (χ0n) is 14.2. The lowest BCUT2D eigenvalue weighted by Gasteiger charge is -2.15. The van der Waals surface area contributed by atoms with Gasteiger partial charge in [0.25, 0.3) is 0 Å². The van der Waals surface area contributed by atoms with Gasteiger partial charge in [-0.1, -0.05) is 0 Å². The Kier molecular flexibility index (Phi) is 5.87. The summed E-state index contributed by atoms with van der Waals surface area (Å²) in [6.45, 7) is 3.57. The highest BCUT2D eigenvalue weighted by molar-refractivity contribution is 5.85. The number of rotatable bonds is 7. The van der Waals surface area contributed by atoms with E-state index in [1.807, 2.05) is 0 Å². The highest BCUT2D eigenvalue weighted by Crippen LogP contribution is 2.25. The molecule has 1 atom stereocenters. The largest absolute Gasteiger partial charge is 0.479 e. The second-order valence-corrected chi connectivity index (χ2v) is 5.55. The van der Waals surface area contributed by atoms with Gasteiger partial charge >= 0.3 is 5.97 Å². The van der Waals surface area contributed by atoms with Crippen molar-refractivity contribution in [1.29, 1.82) is 0 Å². The van der Waals surface area contributed by atoms with Crippen molar-refractivity contribution >= 4 is 11.9 Å². The molecule has 8 heteroatoms. The standard InChI is InChI=1S/C17H20FN3O4/c1-10-15(16(17(23)24)19-14(22)8-9-25-3)11(2)21(20-10)13-6-4-12(18)5-7-13/h4-7,16H,8-9H2,1-3H3,(H,19,22)(H,23,24)/t16-/m1/s1. The second-order valence-electron chi connectivity index (χ2n) is 5.55. The molecule has 1 heterocycles. The molecule has 0 aliphatic carbocycles. The molecule has 2 rings (SSSR count). The maximum Gasteiger partial charge on any atom is 0.331 e. The van der Waals surface area contributed by atoms with E-state index in [9.17, 15) is 19.1 Å². The van der Waals surface area contributed by atoms with Gasteiger partial charge in [0.05, 0.1) is 18.0 Å². The van der Waals surface area contributed by atoms with Crippen LogP contribution in [0.25, 0.3) is 5.69 Å². The van der Waals surface area contributed by atoms with E-state index in [0.29, 0.717) is 22.6 Å². The highest BCUT2D eigenvalue weighted by Gasteiger charge is 2.28. The van der Waals surface area contributed by atoms with Crippen LogP contribution in [0.15, 0.2) is 24.3 Å². The Labute approximate surface area is 144 Å². The Morgan fingerprint density at radius 3 is 2.52 bits per heavy atom. The predicted octanol–water partition coefficient (Wildman–Crippen LogP) is 1.91. The first-order valence-electron chi connectivity index (χ1n) is 7.68. The molecule has 0 aliphatic heterocycles. The third-order valence-electron chi connectivity index (χ3n) is 3.79. The Hall–Kier alpha value is -2.74. The molecule has 0 aliphatic rings. The molecule has 1 amide bonds. The van der Waals surface area contributed by atoms with Crippen molar-refractivity contribution in [3.63, 3.8) is 0 Å². The van der Waals surface area contributed by atoms with E-state index in [1.165, 1.54) is 23.9 Å². The Bertz CT molecular complexity index is 771. The van der Waals surface area contributed by atoms with Crippen molar-refractivity contribution in [2.24, 2.45) is 0 Å². The molecule has 1 aromatic carbocycles. The number of aromatic nitrogens is 2. The highest BCUT2D eigenvalue weighted by atomic mass is 19.1. The minimum Gasteiger partial charge on any atom is -0.479 e. The van der Waals surface area contributed by atoms with E-state index < -0.39 is 17.9 Å². The maximum absolute atomic E-state index is 13.1. The van der Waals surface area contributed by atoms with Gasteiger partial charge in [-0.15, -0.1) is 0 Å². The molecule has 0 spiro atoms. The summed E-state index contributed by atoms with van der Waals surface area (Å²) in [4.78, 5) is 23.6. The van der Waals surface area contributed by atoms with Crippen LogP contribution in [-0.2, 0) is 14.3 Å². The topological polar surface area (TPSA) is 93.4 Å². The number of carboxylic acids is 1. The lowest BCUT2D eigenvalue weighted by atomic mass is 10.0. The molecular formula is C17H20FN3O4. The van der Waals surface area contributed by atoms with Crippen molar-refractivity contribution in [3.05, 3.63) is 47.0 Å². The Balaban J connectivity index is 2.37. The minimum atomic E-state index is -1.22. The van der Waals surface area contributed by atoms with Crippen LogP contribution < -0.4 is 5.32 Å². The van der Waals surface area contributed by atoms with Gasteiger partial charge < -0.3 is 15.2 Å². The van der Waals surface area contributed by atoms with E-state index in [2.05, 4.69) is 10.4 Å². The normalized spacial score (nSPS) is 12.0. The fraction of sp³-hybridized carbons (Fsp3) is 0.353. The van der Waals surface area contributed by atoms with Crippen molar-refractivity contribution in [1.82, 2.24) is 15.1 Å². The molecular weight excluding hydrogens is 329 g/mol. The molecule has 1 aromatic heterocycles. The molecule has 0 fully saturated rings. The molecule has 0 radical (unpaired) electrons. The van der Waals surface area contributed by atoms with Crippen LogP contribution in [0.3, 0.4) is 0 Å². The summed E-state index contributed by atoms with van der Waals surface area (Å²) in [5, 5.41) is 16.4. The lowest BCUT2D eigenvalue weighted by molar-refractivity contribution is -0.142. The number of halogens is 1. The van der Waals surface area contributed by atoms with E-state index in [1.54, 1.807) is 26.0 Å². The zero-order valence-corrected chi connectivity index (χ0v) is 14.2. The number of benzene rings is 1. The number of carbonyl (C=O) groups excluding carboxylic acids is 1. The van der Waals surface area contributed by atoms with Crippen molar-refractivity contribution in [2.75, 3.05) is 13.7 Å². The Morgan fingerprint density at radius 2 is 1.96 bits per heavy atom. The summed E-state index contributed by atoms with van der Waals surface area (Å²) >= 11 is 0. The van der Waals surface area contributed by atoms with Crippen LogP contribution in [0.2, 0.25) is 0 Å². The summed E-state index contributed by atoms with van der Waals surface area (Å²) in [5.41, 5.74) is 2.04. The van der Waals surface area contributed by atoms with Gasteiger partial charge in [0.2, 0.25) is 5.91 Å². The number of aliphatic carboxylic acids is 1. The first kappa shape index (κ1) is 18.6. The van der Waals surface area contributed by atoms with Gasteiger partial charge in [-0.25, -0.2) is 13.9 Å². The van der Waals surface area contributed by atoms with E-state index in [4.69, 9.17) is 4.74 Å². The fourth-order valence-electron chi connectivity index (χ4n) is 2.59. The third-order valence-corrected chi connectivity index (χ3v) is 3.79. The molecule has 2 N–H and O–H groups in total. The lowest BCUT2D eigenvalue weighted by Crippen LogP contribution is -2.34. The predicted molar refractivity (Wildman–Crippen MR) is 88.0 cm³/mol. The minimum absolute atomic E-state index is 0.0600. The summed E-state index contributed by atoms with van der Waals surface area (Å²) in [5.74, 6) is -1.99. The average Bonchev–Trinajstić information content (AvgIpc) is 2.86. The first-order valence-corrected chi connectivity index (χ1v) is 7.68. The summed E-state index contributed by atoms with van der Waals surface area (Å²) in [6, 6.07) is 4.47. The molecule has 134 valence electrons. The second kappa shape index (κ2) is 7.89. The molecule has 0 unspecified atom stereocenters. The number of carbonyl (C=O) groups is 2. The van der Waals surface area contributed by atoms with Crippen molar-refractivity contribution in [2.45, 2.75) is 26.3 Å². The van der Waals surface area contributed by atoms with E-state index >= 15 is 0 Å². The van der Waals surface area contributed by atoms with Crippen LogP contribution in [-0.4, -0.2) is 40.5 Å². The number of nitrogens with one attached hydrogen (secondary N) is 1. The van der Waals surface area contributed by atoms with Crippen LogP contribution in [0.1, 0.15) is 29.4 Å². The van der Waals surface area contributed by atoms with E-state index in [0.717, 1.165) is 0 Å². The number of nitrogens with zero attached hydrogens (tertiary/aromatic N) is 2. The first-order chi connectivity index (χ1) is 11.8. The molecule has 7 nitrogen and oxygen atoms in total.